The van der Waals surface area contributed by atoms with Gasteiger partial charge in [-0.2, -0.15) is 0 Å². The number of hydrogen-bond acceptors (Lipinski definition) is 6. The molecule has 3 rings (SSSR count). The van der Waals surface area contributed by atoms with Gasteiger partial charge in [0.25, 0.3) is 5.91 Å². The number of nitrogens with zero attached hydrogens (tertiary/aromatic N) is 3. The normalized spacial score (nSPS) is 15.9. The summed E-state index contributed by atoms with van der Waals surface area (Å²) < 4.78 is 28.3. The Labute approximate surface area is 165 Å². The van der Waals surface area contributed by atoms with Gasteiger partial charge in [-0.15, -0.1) is 0 Å². The van der Waals surface area contributed by atoms with Crippen LogP contribution in [0.5, 0.6) is 0 Å². The largest absolute Gasteiger partial charge is 0.306 e. The minimum absolute atomic E-state index is 0.100. The number of nitrogens with two attached hydrogens (primary N) is 1. The van der Waals surface area contributed by atoms with Crippen LogP contribution in [0.1, 0.15) is 28.9 Å². The fourth-order valence-corrected chi connectivity index (χ4v) is 5.16. The Balaban J connectivity index is 1.89. The lowest BCUT2D eigenvalue weighted by Crippen LogP contribution is -2.44. The zero-order valence-electron chi connectivity index (χ0n) is 15.8. The van der Waals surface area contributed by atoms with Crippen LogP contribution in [0.15, 0.2) is 48.7 Å². The molecule has 1 fully saturated rings. The molecule has 0 bridgehead atoms. The molecule has 150 valence electrons. The lowest BCUT2D eigenvalue weighted by molar-refractivity contribution is 0.0953. The molecule has 9 heteroatoms. The summed E-state index contributed by atoms with van der Waals surface area (Å²) in [5.74, 6) is 4.68. The molecule has 1 aliphatic heterocycles. The van der Waals surface area contributed by atoms with Crippen molar-refractivity contribution in [3.05, 3.63) is 59.9 Å². The van der Waals surface area contributed by atoms with Crippen molar-refractivity contribution in [2.75, 3.05) is 24.4 Å². The van der Waals surface area contributed by atoms with Crippen molar-refractivity contribution >= 4 is 21.6 Å². The Morgan fingerprint density at radius 2 is 1.89 bits per heavy atom. The number of likely N-dealkylation sites (tertiary alicyclic amines) is 1. The highest BCUT2D eigenvalue weighted by Crippen LogP contribution is 2.27. The summed E-state index contributed by atoms with van der Waals surface area (Å²) in [6.07, 6.45) is 2.60. The number of nitrogens with one attached hydrogen (secondary N) is 1. The lowest BCUT2D eigenvalue weighted by Gasteiger charge is -2.33. The number of amides is 1. The molecule has 3 N–H and O–H groups in total. The maximum atomic E-state index is 13.4. The van der Waals surface area contributed by atoms with Gasteiger partial charge >= 0.3 is 0 Å². The first-order valence-electron chi connectivity index (χ1n) is 9.13. The predicted octanol–water partition coefficient (Wildman–Crippen LogP) is 1.12. The first-order valence-corrected chi connectivity index (χ1v) is 10.6. The van der Waals surface area contributed by atoms with E-state index in [0.29, 0.717) is 29.8 Å². The SMILES string of the molecule is CN1CCC(S(=O)(=O)N(Cc2ccc(C(=O)NN)cn2)c2ccccc2)CC1. The molecule has 0 spiro atoms. The highest BCUT2D eigenvalue weighted by Gasteiger charge is 2.34. The second-order valence-electron chi connectivity index (χ2n) is 6.90. The van der Waals surface area contributed by atoms with Crippen molar-refractivity contribution in [2.45, 2.75) is 24.6 Å². The van der Waals surface area contributed by atoms with Crippen molar-refractivity contribution in [2.24, 2.45) is 5.84 Å². The molecule has 1 aromatic carbocycles. The number of carbonyl (C=O) groups is 1. The van der Waals surface area contributed by atoms with Crippen LogP contribution >= 0.6 is 0 Å². The molecule has 0 atom stereocenters. The molecular formula is C19H25N5O3S. The summed E-state index contributed by atoms with van der Waals surface area (Å²) >= 11 is 0. The maximum absolute atomic E-state index is 13.4. The smallest absolute Gasteiger partial charge is 0.266 e. The van der Waals surface area contributed by atoms with E-state index in [4.69, 9.17) is 5.84 Å². The van der Waals surface area contributed by atoms with E-state index < -0.39 is 21.2 Å². The number of anilines is 1. The molecule has 1 amide bonds. The monoisotopic (exact) mass is 403 g/mol. The summed E-state index contributed by atoms with van der Waals surface area (Å²) in [6, 6.07) is 12.3. The van der Waals surface area contributed by atoms with E-state index in [-0.39, 0.29) is 6.54 Å². The molecule has 28 heavy (non-hydrogen) atoms. The van der Waals surface area contributed by atoms with Crippen molar-refractivity contribution < 1.29 is 13.2 Å². The number of nitrogen functional groups attached to an aromatic ring is 1. The van der Waals surface area contributed by atoms with Gasteiger partial charge in [0.15, 0.2) is 0 Å². The standard InChI is InChI=1S/C19H25N5O3S/c1-23-11-9-18(10-12-23)28(26,27)24(17-5-3-2-4-6-17)14-16-8-7-15(13-21-16)19(25)22-20/h2-8,13,18H,9-12,14,20H2,1H3,(H,22,25). The number of hydrazine groups is 1. The van der Waals surface area contributed by atoms with Crippen molar-refractivity contribution in [1.82, 2.24) is 15.3 Å². The summed E-state index contributed by atoms with van der Waals surface area (Å²) in [5.41, 5.74) is 3.52. The number of rotatable bonds is 6. The van der Waals surface area contributed by atoms with Crippen LogP contribution in [0.2, 0.25) is 0 Å². The van der Waals surface area contributed by atoms with E-state index >= 15 is 0 Å². The highest BCUT2D eigenvalue weighted by atomic mass is 32.2. The van der Waals surface area contributed by atoms with Crippen LogP contribution < -0.4 is 15.6 Å². The number of hydrogen-bond donors (Lipinski definition) is 2. The maximum Gasteiger partial charge on any atom is 0.266 e. The Morgan fingerprint density at radius 1 is 1.21 bits per heavy atom. The van der Waals surface area contributed by atoms with E-state index in [2.05, 4.69) is 9.88 Å². The molecule has 2 aromatic rings. The third-order valence-electron chi connectivity index (χ3n) is 4.96. The molecule has 0 aliphatic carbocycles. The van der Waals surface area contributed by atoms with E-state index in [1.54, 1.807) is 24.3 Å². The van der Waals surface area contributed by atoms with E-state index in [1.807, 2.05) is 30.7 Å². The fourth-order valence-electron chi connectivity index (χ4n) is 3.27. The third kappa shape index (κ3) is 4.49. The van der Waals surface area contributed by atoms with Crippen LogP contribution in [0.4, 0.5) is 5.69 Å². The Bertz CT molecular complexity index is 895. The number of pyridine rings is 1. The van der Waals surface area contributed by atoms with Gasteiger partial charge in [-0.1, -0.05) is 18.2 Å². The number of aromatic nitrogens is 1. The molecule has 2 heterocycles. The molecule has 0 radical (unpaired) electrons. The number of sulfonamides is 1. The molecule has 0 saturated carbocycles. The second kappa shape index (κ2) is 8.68. The minimum Gasteiger partial charge on any atom is -0.306 e. The average molecular weight is 404 g/mol. The van der Waals surface area contributed by atoms with Gasteiger partial charge in [0.05, 0.1) is 28.7 Å². The zero-order valence-corrected chi connectivity index (χ0v) is 16.6. The average Bonchev–Trinajstić information content (AvgIpc) is 2.72. The summed E-state index contributed by atoms with van der Waals surface area (Å²) in [5, 5.41) is -0.425. The van der Waals surface area contributed by atoms with Gasteiger partial charge in [-0.3, -0.25) is 19.5 Å². The van der Waals surface area contributed by atoms with Crippen LogP contribution in [0, 0.1) is 0 Å². The first-order chi connectivity index (χ1) is 13.4. The van der Waals surface area contributed by atoms with Crippen LogP contribution in [-0.4, -0.2) is 49.6 Å². The quantitative estimate of drug-likeness (QED) is 0.425. The van der Waals surface area contributed by atoms with Crippen molar-refractivity contribution in [1.29, 1.82) is 0 Å². The minimum atomic E-state index is -3.56. The van der Waals surface area contributed by atoms with Gasteiger partial charge in [-0.25, -0.2) is 14.3 Å². The van der Waals surface area contributed by atoms with E-state index in [9.17, 15) is 13.2 Å². The van der Waals surface area contributed by atoms with Gasteiger partial charge in [0.2, 0.25) is 10.0 Å². The summed E-state index contributed by atoms with van der Waals surface area (Å²) in [6.45, 7) is 1.62. The fraction of sp³-hybridized carbons (Fsp3) is 0.368. The predicted molar refractivity (Wildman–Crippen MR) is 108 cm³/mol. The van der Waals surface area contributed by atoms with Crippen LogP contribution in [0.3, 0.4) is 0 Å². The molecule has 1 saturated heterocycles. The molecule has 1 aromatic heterocycles. The van der Waals surface area contributed by atoms with Crippen molar-refractivity contribution in [3.8, 4) is 0 Å². The zero-order chi connectivity index (χ0) is 20.1. The van der Waals surface area contributed by atoms with E-state index in [0.717, 1.165) is 13.1 Å². The lowest BCUT2D eigenvalue weighted by atomic mass is 10.1. The second-order valence-corrected chi connectivity index (χ2v) is 9.04. The Kier molecular flexibility index (Phi) is 6.28. The van der Waals surface area contributed by atoms with Gasteiger partial charge in [-0.05, 0) is 57.2 Å². The number of carbonyl (C=O) groups excluding carboxylic acids is 1. The van der Waals surface area contributed by atoms with Crippen LogP contribution in [-0.2, 0) is 16.6 Å². The van der Waals surface area contributed by atoms with Gasteiger partial charge < -0.3 is 4.90 Å². The number of piperidine rings is 1. The van der Waals surface area contributed by atoms with E-state index in [1.165, 1.54) is 10.5 Å². The Hall–Kier alpha value is -2.49. The summed E-state index contributed by atoms with van der Waals surface area (Å²) in [7, 11) is -1.56. The van der Waals surface area contributed by atoms with Crippen molar-refractivity contribution in [3.63, 3.8) is 0 Å². The third-order valence-corrected chi connectivity index (χ3v) is 7.23. The molecule has 0 unspecified atom stereocenters. The van der Waals surface area contributed by atoms with Gasteiger partial charge in [0, 0.05) is 6.20 Å². The Morgan fingerprint density at radius 3 is 2.46 bits per heavy atom. The first kappa shape index (κ1) is 20.2. The van der Waals surface area contributed by atoms with Gasteiger partial charge in [0.1, 0.15) is 0 Å². The topological polar surface area (TPSA) is 109 Å². The highest BCUT2D eigenvalue weighted by molar-refractivity contribution is 7.93. The number of benzene rings is 1. The molecular weight excluding hydrogens is 378 g/mol. The number of para-hydroxylation sites is 1. The summed E-state index contributed by atoms with van der Waals surface area (Å²) in [4.78, 5) is 18.0. The molecule has 1 aliphatic rings. The van der Waals surface area contributed by atoms with Crippen LogP contribution in [0.25, 0.3) is 0 Å². The molecule has 8 nitrogen and oxygen atoms in total.